The van der Waals surface area contributed by atoms with Crippen LogP contribution in [0, 0.1) is 29.3 Å². The molecule has 1 aromatic rings. The van der Waals surface area contributed by atoms with Crippen LogP contribution in [0.25, 0.3) is 0 Å². The molecule has 0 radical (unpaired) electrons. The molecule has 0 atom stereocenters. The van der Waals surface area contributed by atoms with Gasteiger partial charge in [0.15, 0.2) is 17.5 Å². The first-order chi connectivity index (χ1) is 10.5. The minimum absolute atomic E-state index is 0.182. The number of alkyl halides is 1. The van der Waals surface area contributed by atoms with Crippen LogP contribution in [0.2, 0.25) is 0 Å². The maximum Gasteiger partial charge on any atom is 0.194 e. The Morgan fingerprint density at radius 2 is 1.18 bits per heavy atom. The van der Waals surface area contributed by atoms with Gasteiger partial charge in [-0.3, -0.25) is 0 Å². The number of hydrogen-bond acceptors (Lipinski definition) is 0. The fraction of sp³-hybridized carbons (Fsp3) is 0.667. The summed E-state index contributed by atoms with van der Waals surface area (Å²) in [4.78, 5) is 0. The molecule has 1 aromatic carbocycles. The Morgan fingerprint density at radius 1 is 0.727 bits per heavy atom. The van der Waals surface area contributed by atoms with Gasteiger partial charge in [0, 0.05) is 3.92 Å². The molecule has 0 heterocycles. The zero-order valence-electron chi connectivity index (χ0n) is 12.6. The van der Waals surface area contributed by atoms with Gasteiger partial charge in [0.1, 0.15) is 0 Å². The van der Waals surface area contributed by atoms with Gasteiger partial charge in [0.2, 0.25) is 0 Å². The molecule has 0 unspecified atom stereocenters. The van der Waals surface area contributed by atoms with Crippen LogP contribution in [0.1, 0.15) is 62.8 Å². The summed E-state index contributed by atoms with van der Waals surface area (Å²) >= 11 is 2.56. The number of benzene rings is 1. The van der Waals surface area contributed by atoms with Crippen LogP contribution in [0.15, 0.2) is 12.1 Å². The van der Waals surface area contributed by atoms with E-state index in [4.69, 9.17) is 0 Å². The summed E-state index contributed by atoms with van der Waals surface area (Å²) in [5.74, 6) is -1.67. The van der Waals surface area contributed by atoms with Crippen molar-refractivity contribution in [2.24, 2.45) is 11.8 Å². The molecule has 2 saturated carbocycles. The third-order valence-corrected chi connectivity index (χ3v) is 6.86. The van der Waals surface area contributed by atoms with Crippen LogP contribution >= 0.6 is 22.6 Å². The third-order valence-electron chi connectivity index (χ3n) is 5.62. The van der Waals surface area contributed by atoms with Crippen molar-refractivity contribution in [3.8, 4) is 0 Å². The highest BCUT2D eigenvalue weighted by Gasteiger charge is 2.31. The summed E-state index contributed by atoms with van der Waals surface area (Å²) in [5.41, 5.74) is 0.630. The zero-order chi connectivity index (χ0) is 15.7. The predicted molar refractivity (Wildman–Crippen MR) is 90.8 cm³/mol. The molecule has 0 N–H and O–H groups in total. The van der Waals surface area contributed by atoms with E-state index in [1.165, 1.54) is 37.8 Å². The van der Waals surface area contributed by atoms with Gasteiger partial charge < -0.3 is 0 Å². The second-order valence-electron chi connectivity index (χ2n) is 6.92. The SMILES string of the molecule is Fc1cc(C2CCC(C3CCC(I)CC3)CC2)cc(F)c1F. The summed E-state index contributed by atoms with van der Waals surface area (Å²) < 4.78 is 40.7. The first-order valence-electron chi connectivity index (χ1n) is 8.33. The van der Waals surface area contributed by atoms with E-state index in [0.29, 0.717) is 5.56 Å². The van der Waals surface area contributed by atoms with Crippen molar-refractivity contribution < 1.29 is 13.2 Å². The Hall–Kier alpha value is -0.260. The normalized spacial score (nSPS) is 32.9. The topological polar surface area (TPSA) is 0 Å². The van der Waals surface area contributed by atoms with Crippen LogP contribution in [-0.4, -0.2) is 3.92 Å². The highest BCUT2D eigenvalue weighted by Crippen LogP contribution is 2.44. The van der Waals surface area contributed by atoms with Gasteiger partial charge in [-0.15, -0.1) is 0 Å². The molecule has 0 spiro atoms. The summed E-state index contributed by atoms with van der Waals surface area (Å²) in [6.07, 6.45) is 9.56. The van der Waals surface area contributed by atoms with Gasteiger partial charge in [0.05, 0.1) is 0 Å². The lowest BCUT2D eigenvalue weighted by Gasteiger charge is -2.37. The minimum atomic E-state index is -1.35. The molecule has 4 heteroatoms. The largest absolute Gasteiger partial charge is 0.204 e. The van der Waals surface area contributed by atoms with E-state index in [1.807, 2.05) is 0 Å². The first-order valence-corrected chi connectivity index (χ1v) is 9.57. The van der Waals surface area contributed by atoms with Crippen molar-refractivity contribution in [1.82, 2.24) is 0 Å². The van der Waals surface area contributed by atoms with E-state index in [0.717, 1.165) is 41.4 Å². The summed E-state index contributed by atoms with van der Waals surface area (Å²) in [6.45, 7) is 0. The van der Waals surface area contributed by atoms with E-state index >= 15 is 0 Å². The highest BCUT2D eigenvalue weighted by atomic mass is 127. The fourth-order valence-electron chi connectivity index (χ4n) is 4.28. The second-order valence-corrected chi connectivity index (χ2v) is 8.68. The Bertz CT molecular complexity index is 492. The lowest BCUT2D eigenvalue weighted by molar-refractivity contribution is 0.189. The molecular weight excluding hydrogens is 400 g/mol. The smallest absolute Gasteiger partial charge is 0.194 e. The second kappa shape index (κ2) is 7.10. The average molecular weight is 422 g/mol. The van der Waals surface area contributed by atoms with Gasteiger partial charge in [-0.1, -0.05) is 22.6 Å². The van der Waals surface area contributed by atoms with Crippen LogP contribution in [-0.2, 0) is 0 Å². The van der Waals surface area contributed by atoms with Crippen molar-refractivity contribution in [3.05, 3.63) is 35.1 Å². The van der Waals surface area contributed by atoms with E-state index in [9.17, 15) is 13.2 Å². The lowest BCUT2D eigenvalue weighted by atomic mass is 9.70. The minimum Gasteiger partial charge on any atom is -0.204 e. The van der Waals surface area contributed by atoms with Crippen molar-refractivity contribution in [3.63, 3.8) is 0 Å². The van der Waals surface area contributed by atoms with Gasteiger partial charge in [-0.05, 0) is 86.8 Å². The molecule has 0 amide bonds. The Labute approximate surface area is 144 Å². The molecule has 0 saturated heterocycles. The van der Waals surface area contributed by atoms with Crippen LogP contribution in [0.5, 0.6) is 0 Å². The van der Waals surface area contributed by atoms with Gasteiger partial charge >= 0.3 is 0 Å². The molecule has 0 nitrogen and oxygen atoms in total. The Balaban J connectivity index is 1.60. The summed E-state index contributed by atoms with van der Waals surface area (Å²) in [6, 6.07) is 2.37. The molecule has 2 aliphatic carbocycles. The van der Waals surface area contributed by atoms with Crippen LogP contribution in [0.4, 0.5) is 13.2 Å². The number of halogens is 4. The molecule has 22 heavy (non-hydrogen) atoms. The highest BCUT2D eigenvalue weighted by molar-refractivity contribution is 14.1. The Morgan fingerprint density at radius 3 is 1.68 bits per heavy atom. The van der Waals surface area contributed by atoms with Crippen LogP contribution < -0.4 is 0 Å². The van der Waals surface area contributed by atoms with E-state index in [2.05, 4.69) is 22.6 Å². The molecule has 122 valence electrons. The lowest BCUT2D eigenvalue weighted by Crippen LogP contribution is -2.25. The zero-order valence-corrected chi connectivity index (χ0v) is 14.8. The van der Waals surface area contributed by atoms with Crippen molar-refractivity contribution >= 4 is 22.6 Å². The van der Waals surface area contributed by atoms with Crippen molar-refractivity contribution in [2.45, 2.75) is 61.2 Å². The third kappa shape index (κ3) is 3.62. The van der Waals surface area contributed by atoms with Crippen molar-refractivity contribution in [2.75, 3.05) is 0 Å². The molecule has 2 fully saturated rings. The van der Waals surface area contributed by atoms with E-state index in [1.54, 1.807) is 0 Å². The van der Waals surface area contributed by atoms with E-state index in [-0.39, 0.29) is 5.92 Å². The monoisotopic (exact) mass is 422 g/mol. The van der Waals surface area contributed by atoms with Gasteiger partial charge in [0.25, 0.3) is 0 Å². The summed E-state index contributed by atoms with van der Waals surface area (Å²) in [5, 5.41) is 0. The molecule has 0 aliphatic heterocycles. The van der Waals surface area contributed by atoms with Gasteiger partial charge in [-0.2, -0.15) is 0 Å². The molecular formula is C18H22F3I. The standard InChI is InChI=1S/C18H22F3I/c19-16-9-14(10-17(20)18(16)21)13-3-1-11(2-4-13)12-5-7-15(22)8-6-12/h9-13,15H,1-8H2. The van der Waals surface area contributed by atoms with E-state index < -0.39 is 17.5 Å². The van der Waals surface area contributed by atoms with Gasteiger partial charge in [-0.25, -0.2) is 13.2 Å². The fourth-order valence-corrected chi connectivity index (χ4v) is 5.00. The number of hydrogen-bond donors (Lipinski definition) is 0. The van der Waals surface area contributed by atoms with Crippen molar-refractivity contribution in [1.29, 1.82) is 0 Å². The molecule has 0 aromatic heterocycles. The molecule has 2 aliphatic rings. The average Bonchev–Trinajstić information content (AvgIpc) is 2.53. The maximum atomic E-state index is 13.4. The predicted octanol–water partition coefficient (Wildman–Crippen LogP) is 6.37. The number of rotatable bonds is 2. The maximum absolute atomic E-state index is 13.4. The quantitative estimate of drug-likeness (QED) is 0.295. The van der Waals surface area contributed by atoms with Crippen LogP contribution in [0.3, 0.4) is 0 Å². The Kier molecular flexibility index (Phi) is 5.35. The molecule has 3 rings (SSSR count). The summed E-state index contributed by atoms with van der Waals surface area (Å²) in [7, 11) is 0. The first kappa shape index (κ1) is 16.6. The molecule has 0 bridgehead atoms.